The quantitative estimate of drug-likeness (QED) is 0.411. The van der Waals surface area contributed by atoms with Crippen molar-refractivity contribution in [2.24, 2.45) is 11.8 Å². The number of aromatic nitrogens is 1. The Labute approximate surface area is 168 Å². The molecule has 0 radical (unpaired) electrons. The van der Waals surface area contributed by atoms with Crippen molar-refractivity contribution in [3.63, 3.8) is 0 Å². The Morgan fingerprint density at radius 2 is 2.30 bits per heavy atom. The monoisotopic (exact) mass is 409 g/mol. The molecule has 0 saturated heterocycles. The zero-order chi connectivity index (χ0) is 19.6. The van der Waals surface area contributed by atoms with E-state index >= 15 is 0 Å². The van der Waals surface area contributed by atoms with Crippen LogP contribution in [0.4, 0.5) is 0 Å². The van der Waals surface area contributed by atoms with E-state index in [0.717, 1.165) is 35.8 Å². The molecule has 1 heterocycles. The molecule has 1 unspecified atom stereocenters. The molecule has 2 rings (SSSR count). The van der Waals surface area contributed by atoms with Gasteiger partial charge < -0.3 is 10.2 Å². The number of nitrogens with zero attached hydrogens (tertiary/aromatic N) is 1. The third-order valence-electron chi connectivity index (χ3n) is 4.59. The summed E-state index contributed by atoms with van der Waals surface area (Å²) in [5.74, 6) is 0.284. The van der Waals surface area contributed by atoms with Gasteiger partial charge in [-0.05, 0) is 31.6 Å². The number of hydrogen-bond donors (Lipinski definition) is 2. The number of hydrogen-bond acceptors (Lipinski definition) is 6. The molecule has 0 bridgehead atoms. The molecular formula is C20H27NO4S2. The number of carboxylic acid groups (broad SMARTS) is 1. The topological polar surface area (TPSA) is 87.5 Å². The fourth-order valence-electron chi connectivity index (χ4n) is 3.13. The molecule has 0 spiro atoms. The van der Waals surface area contributed by atoms with E-state index < -0.39 is 12.1 Å². The minimum Gasteiger partial charge on any atom is -0.476 e. The molecule has 0 aliphatic heterocycles. The highest BCUT2D eigenvalue weighted by atomic mass is 32.2. The van der Waals surface area contributed by atoms with Crippen LogP contribution in [0, 0.1) is 11.8 Å². The highest BCUT2D eigenvalue weighted by Crippen LogP contribution is 2.34. The van der Waals surface area contributed by atoms with Crippen LogP contribution in [0.2, 0.25) is 0 Å². The van der Waals surface area contributed by atoms with Gasteiger partial charge in [0.05, 0.1) is 6.10 Å². The second-order valence-corrected chi connectivity index (χ2v) is 8.86. The molecule has 0 aromatic carbocycles. The van der Waals surface area contributed by atoms with Crippen molar-refractivity contribution >= 4 is 34.9 Å². The van der Waals surface area contributed by atoms with E-state index in [1.807, 2.05) is 18.2 Å². The molecule has 3 atom stereocenters. The highest BCUT2D eigenvalue weighted by molar-refractivity contribution is 8.01. The predicted molar refractivity (Wildman–Crippen MR) is 109 cm³/mol. The molecule has 0 amide bonds. The number of aliphatic hydroxyl groups is 1. The summed E-state index contributed by atoms with van der Waals surface area (Å²) in [6, 6.07) is 0. The van der Waals surface area contributed by atoms with Crippen molar-refractivity contribution in [3.05, 3.63) is 35.4 Å². The van der Waals surface area contributed by atoms with Gasteiger partial charge in [-0.15, -0.1) is 11.3 Å². The molecule has 1 aliphatic carbocycles. The van der Waals surface area contributed by atoms with Gasteiger partial charge in [-0.2, -0.15) is 0 Å². The fourth-order valence-corrected chi connectivity index (χ4v) is 5.02. The van der Waals surface area contributed by atoms with Gasteiger partial charge in [-0.3, -0.25) is 4.79 Å². The van der Waals surface area contributed by atoms with E-state index in [9.17, 15) is 14.7 Å². The fraction of sp³-hybridized carbons (Fsp3) is 0.550. The first-order valence-electron chi connectivity index (χ1n) is 9.37. The van der Waals surface area contributed by atoms with Gasteiger partial charge in [0.25, 0.3) is 0 Å². The van der Waals surface area contributed by atoms with Crippen LogP contribution < -0.4 is 0 Å². The second-order valence-electron chi connectivity index (χ2n) is 6.66. The van der Waals surface area contributed by atoms with E-state index in [2.05, 4.69) is 18.0 Å². The van der Waals surface area contributed by atoms with Gasteiger partial charge in [0.1, 0.15) is 5.78 Å². The number of carbonyl (C=O) groups excluding carboxylic acids is 1. The van der Waals surface area contributed by atoms with Crippen molar-refractivity contribution in [2.75, 3.05) is 5.75 Å². The van der Waals surface area contributed by atoms with E-state index in [0.29, 0.717) is 18.6 Å². The van der Waals surface area contributed by atoms with Crippen LogP contribution in [0.1, 0.15) is 55.9 Å². The SMILES string of the molecule is CCCC=CC(O)CC=C[C@H]1CCC(=O)[C@@H]1CCSc1nc(C(=O)O)cs1. The molecule has 27 heavy (non-hydrogen) atoms. The largest absolute Gasteiger partial charge is 0.476 e. The minimum atomic E-state index is -1.01. The highest BCUT2D eigenvalue weighted by Gasteiger charge is 2.32. The zero-order valence-electron chi connectivity index (χ0n) is 15.5. The van der Waals surface area contributed by atoms with Crippen LogP contribution >= 0.6 is 23.1 Å². The van der Waals surface area contributed by atoms with E-state index in [1.54, 1.807) is 0 Å². The van der Waals surface area contributed by atoms with Gasteiger partial charge in [-0.1, -0.05) is 49.4 Å². The lowest BCUT2D eigenvalue weighted by Crippen LogP contribution is -2.14. The van der Waals surface area contributed by atoms with Crippen molar-refractivity contribution < 1.29 is 19.8 Å². The number of carbonyl (C=O) groups is 2. The van der Waals surface area contributed by atoms with Crippen molar-refractivity contribution in [3.8, 4) is 0 Å². The van der Waals surface area contributed by atoms with E-state index in [-0.39, 0.29) is 17.5 Å². The lowest BCUT2D eigenvalue weighted by Gasteiger charge is -2.14. The third-order valence-corrected chi connectivity index (χ3v) is 6.64. The smallest absolute Gasteiger partial charge is 0.355 e. The minimum absolute atomic E-state index is 0.0143. The maximum atomic E-state index is 12.2. The molecule has 7 heteroatoms. The molecule has 148 valence electrons. The Balaban J connectivity index is 1.79. The molecule has 1 aromatic rings. The average Bonchev–Trinajstić information content (AvgIpc) is 3.24. The Bertz CT molecular complexity index is 683. The lowest BCUT2D eigenvalue weighted by atomic mass is 9.92. The third kappa shape index (κ3) is 7.24. The first-order valence-corrected chi connectivity index (χ1v) is 11.2. The van der Waals surface area contributed by atoms with Crippen LogP contribution in [0.15, 0.2) is 34.0 Å². The number of ketones is 1. The van der Waals surface area contributed by atoms with E-state index in [1.165, 1.54) is 28.5 Å². The summed E-state index contributed by atoms with van der Waals surface area (Å²) in [5.41, 5.74) is 0.0757. The summed E-state index contributed by atoms with van der Waals surface area (Å²) in [5, 5.41) is 20.4. The number of rotatable bonds is 11. The number of allylic oxidation sites excluding steroid dienone is 2. The van der Waals surface area contributed by atoms with Crippen LogP contribution in [0.3, 0.4) is 0 Å². The number of carboxylic acids is 1. The van der Waals surface area contributed by atoms with Crippen LogP contribution in [-0.2, 0) is 4.79 Å². The van der Waals surface area contributed by atoms with Gasteiger partial charge in [0.15, 0.2) is 10.0 Å². The molecular weight excluding hydrogens is 382 g/mol. The van der Waals surface area contributed by atoms with Crippen LogP contribution in [0.25, 0.3) is 0 Å². The molecule has 5 nitrogen and oxygen atoms in total. The van der Waals surface area contributed by atoms with Crippen molar-refractivity contribution in [1.29, 1.82) is 0 Å². The number of Topliss-reactive ketones (excluding diaryl/α,β-unsaturated/α-hetero) is 1. The first kappa shape index (κ1) is 21.9. The maximum absolute atomic E-state index is 12.2. The number of unbranched alkanes of at least 4 members (excludes halogenated alkanes) is 1. The molecule has 1 fully saturated rings. The summed E-state index contributed by atoms with van der Waals surface area (Å²) >= 11 is 2.83. The number of thioether (sulfide) groups is 1. The Morgan fingerprint density at radius 1 is 1.48 bits per heavy atom. The summed E-state index contributed by atoms with van der Waals surface area (Å²) in [4.78, 5) is 27.1. The summed E-state index contributed by atoms with van der Waals surface area (Å²) in [6.45, 7) is 2.10. The van der Waals surface area contributed by atoms with Gasteiger partial charge in [0, 0.05) is 23.5 Å². The van der Waals surface area contributed by atoms with Crippen LogP contribution in [0.5, 0.6) is 0 Å². The first-order chi connectivity index (χ1) is 13.0. The van der Waals surface area contributed by atoms with Crippen molar-refractivity contribution in [2.45, 2.75) is 55.9 Å². The predicted octanol–water partition coefficient (Wildman–Crippen LogP) is 4.58. The molecule has 1 aliphatic rings. The summed E-state index contributed by atoms with van der Waals surface area (Å²) in [7, 11) is 0. The molecule has 2 N–H and O–H groups in total. The van der Waals surface area contributed by atoms with Crippen LogP contribution in [-0.4, -0.2) is 38.8 Å². The van der Waals surface area contributed by atoms with Gasteiger partial charge in [-0.25, -0.2) is 9.78 Å². The Morgan fingerprint density at radius 3 is 3.00 bits per heavy atom. The van der Waals surface area contributed by atoms with E-state index in [4.69, 9.17) is 5.11 Å². The lowest BCUT2D eigenvalue weighted by molar-refractivity contribution is -0.121. The standard InChI is InChI=1S/C20H27NO4S2/c1-2-3-4-7-15(22)8-5-6-14-9-10-18(23)16(14)11-12-26-20-21-17(13-27-20)19(24)25/h4-7,13-16,22H,2-3,8-12H2,1H3,(H,24,25)/t14-,15?,16+/m0/s1. The molecule has 1 aromatic heterocycles. The van der Waals surface area contributed by atoms with Gasteiger partial charge in [0.2, 0.25) is 0 Å². The second kappa shape index (κ2) is 11.4. The maximum Gasteiger partial charge on any atom is 0.355 e. The number of aliphatic hydroxyl groups excluding tert-OH is 1. The Hall–Kier alpha value is -1.44. The normalized spacial score (nSPS) is 21.5. The number of thiazole rings is 1. The van der Waals surface area contributed by atoms with Gasteiger partial charge >= 0.3 is 5.97 Å². The van der Waals surface area contributed by atoms with Crippen molar-refractivity contribution in [1.82, 2.24) is 4.98 Å². The average molecular weight is 410 g/mol. The Kier molecular flexibility index (Phi) is 9.24. The number of aromatic carboxylic acids is 1. The summed E-state index contributed by atoms with van der Waals surface area (Å²) in [6.07, 6.45) is 12.3. The summed E-state index contributed by atoms with van der Waals surface area (Å²) < 4.78 is 0.729. The zero-order valence-corrected chi connectivity index (χ0v) is 17.2. The molecule has 1 saturated carbocycles.